The molecule has 3 aromatic rings. The van der Waals surface area contributed by atoms with Gasteiger partial charge in [-0.1, -0.05) is 99.6 Å². The van der Waals surface area contributed by atoms with Crippen molar-refractivity contribution in [1.82, 2.24) is 15.5 Å². The minimum Gasteiger partial charge on any atom is -0.480 e. The Morgan fingerprint density at radius 1 is 0.905 bits per heavy atom. The van der Waals surface area contributed by atoms with E-state index in [9.17, 15) is 19.5 Å². The molecule has 1 aliphatic carbocycles. The third kappa shape index (κ3) is 6.19. The number of carboxylic acid groups (broad SMARTS) is 1. The molecule has 1 heterocycles. The predicted molar refractivity (Wildman–Crippen MR) is 161 cm³/mol. The number of rotatable bonds is 8. The number of nitrogens with zero attached hydrogens (tertiary/aromatic N) is 1. The van der Waals surface area contributed by atoms with Gasteiger partial charge in [0.05, 0.1) is 0 Å². The van der Waals surface area contributed by atoms with Crippen molar-refractivity contribution in [1.29, 1.82) is 0 Å². The third-order valence-electron chi connectivity index (χ3n) is 8.46. The Hall–Kier alpha value is -4.17. The number of carboxylic acids is 1. The quantitative estimate of drug-likeness (QED) is 0.345. The average Bonchev–Trinajstić information content (AvgIpc) is 3.29. The number of hydrogen-bond acceptors (Lipinski definition) is 5. The lowest BCUT2D eigenvalue weighted by atomic mass is 9.83. The third-order valence-corrected chi connectivity index (χ3v) is 8.46. The predicted octanol–water partition coefficient (Wildman–Crippen LogP) is 5.18. The van der Waals surface area contributed by atoms with Crippen LogP contribution in [-0.2, 0) is 20.9 Å². The smallest absolute Gasteiger partial charge is 0.407 e. The van der Waals surface area contributed by atoms with E-state index in [-0.39, 0.29) is 25.4 Å². The fourth-order valence-corrected chi connectivity index (χ4v) is 6.07. The molecule has 0 saturated carbocycles. The van der Waals surface area contributed by atoms with Crippen LogP contribution in [0.15, 0.2) is 78.9 Å². The Bertz CT molecular complexity index is 1400. The van der Waals surface area contributed by atoms with Gasteiger partial charge in [0.1, 0.15) is 18.2 Å². The van der Waals surface area contributed by atoms with Crippen LogP contribution in [0.25, 0.3) is 11.1 Å². The monoisotopic (exact) mass is 569 g/mol. The van der Waals surface area contributed by atoms with Gasteiger partial charge in [-0.15, -0.1) is 0 Å². The van der Waals surface area contributed by atoms with E-state index in [0.717, 1.165) is 34.4 Å². The number of carbonyl (C=O) groups is 3. The van der Waals surface area contributed by atoms with Crippen LogP contribution in [0.1, 0.15) is 56.2 Å². The molecule has 0 bridgehead atoms. The number of aliphatic carboxylic acids is 1. The number of hydrogen-bond donors (Lipinski definition) is 3. The molecule has 220 valence electrons. The summed E-state index contributed by atoms with van der Waals surface area (Å²) in [5.41, 5.74) is 3.51. The van der Waals surface area contributed by atoms with Crippen molar-refractivity contribution < 1.29 is 24.2 Å². The second-order valence-corrected chi connectivity index (χ2v) is 12.4. The van der Waals surface area contributed by atoms with Crippen molar-refractivity contribution in [2.75, 3.05) is 19.7 Å². The lowest BCUT2D eigenvalue weighted by Gasteiger charge is -2.41. The van der Waals surface area contributed by atoms with Crippen molar-refractivity contribution in [3.8, 4) is 11.1 Å². The van der Waals surface area contributed by atoms with Crippen LogP contribution < -0.4 is 10.6 Å². The van der Waals surface area contributed by atoms with Gasteiger partial charge in [0.25, 0.3) is 0 Å². The summed E-state index contributed by atoms with van der Waals surface area (Å²) >= 11 is 0. The number of benzene rings is 3. The normalized spacial score (nSPS) is 17.0. The van der Waals surface area contributed by atoms with E-state index in [1.165, 1.54) is 0 Å². The van der Waals surface area contributed by atoms with Crippen LogP contribution in [0.4, 0.5) is 4.79 Å². The maximum Gasteiger partial charge on any atom is 0.407 e. The lowest BCUT2D eigenvalue weighted by Crippen LogP contribution is -2.64. The highest BCUT2D eigenvalue weighted by molar-refractivity contribution is 5.92. The highest BCUT2D eigenvalue weighted by atomic mass is 16.5. The topological polar surface area (TPSA) is 108 Å². The fourth-order valence-electron chi connectivity index (χ4n) is 6.07. The molecular weight excluding hydrogens is 530 g/mol. The minimum atomic E-state index is -1.41. The SMILES string of the molecule is CC(C)(C)[C@@H](NC(=O)OCC1c2ccccc2-c2ccccc21)C(=O)NC1(C(=O)O)CCN(Cc2ccccc2)CC1. The van der Waals surface area contributed by atoms with Crippen molar-refractivity contribution in [2.24, 2.45) is 5.41 Å². The molecule has 42 heavy (non-hydrogen) atoms. The summed E-state index contributed by atoms with van der Waals surface area (Å²) in [5, 5.41) is 15.8. The Morgan fingerprint density at radius 3 is 2.00 bits per heavy atom. The van der Waals surface area contributed by atoms with Crippen molar-refractivity contribution in [2.45, 2.75) is 57.7 Å². The summed E-state index contributed by atoms with van der Waals surface area (Å²) in [6, 6.07) is 25.2. The van der Waals surface area contributed by atoms with E-state index < -0.39 is 35.0 Å². The van der Waals surface area contributed by atoms with E-state index in [2.05, 4.69) is 27.7 Å². The van der Waals surface area contributed by atoms with E-state index in [4.69, 9.17) is 4.74 Å². The lowest BCUT2D eigenvalue weighted by molar-refractivity contribution is -0.151. The second kappa shape index (κ2) is 12.0. The van der Waals surface area contributed by atoms with Gasteiger partial charge < -0.3 is 20.5 Å². The van der Waals surface area contributed by atoms with E-state index in [1.54, 1.807) is 0 Å². The summed E-state index contributed by atoms with van der Waals surface area (Å²) in [4.78, 5) is 41.3. The number of alkyl carbamates (subject to hydrolysis) is 1. The summed E-state index contributed by atoms with van der Waals surface area (Å²) in [6.45, 7) is 7.39. The standard InChI is InChI=1S/C34H39N3O5/c1-33(2,3)29(30(38)36-34(31(39)40)17-19-37(20-18-34)21-23-11-5-4-6-12-23)35-32(41)42-22-28-26-15-9-7-13-24(26)25-14-8-10-16-27(25)28/h4-16,28-29H,17-22H2,1-3H3,(H,35,41)(H,36,38)(H,39,40)/t29-/m0/s1. The van der Waals surface area contributed by atoms with Crippen LogP contribution in [0.2, 0.25) is 0 Å². The molecule has 0 radical (unpaired) electrons. The molecule has 1 aliphatic heterocycles. The minimum absolute atomic E-state index is 0.110. The number of fused-ring (bicyclic) bond motifs is 3. The Balaban J connectivity index is 1.23. The molecule has 3 aromatic carbocycles. The first-order valence-electron chi connectivity index (χ1n) is 14.5. The maximum atomic E-state index is 13.6. The van der Waals surface area contributed by atoms with Gasteiger partial charge in [-0.2, -0.15) is 0 Å². The number of ether oxygens (including phenoxy) is 1. The van der Waals surface area contributed by atoms with Gasteiger partial charge in [0.2, 0.25) is 5.91 Å². The molecule has 3 N–H and O–H groups in total. The van der Waals surface area contributed by atoms with Crippen LogP contribution in [0.3, 0.4) is 0 Å². The molecule has 0 aromatic heterocycles. The van der Waals surface area contributed by atoms with Gasteiger partial charge in [-0.05, 0) is 46.1 Å². The summed E-state index contributed by atoms with van der Waals surface area (Å²) in [5.74, 6) is -1.71. The van der Waals surface area contributed by atoms with Gasteiger partial charge in [-0.3, -0.25) is 9.69 Å². The van der Waals surface area contributed by atoms with Gasteiger partial charge in [-0.25, -0.2) is 9.59 Å². The number of amides is 2. The molecule has 0 unspecified atom stereocenters. The van der Waals surface area contributed by atoms with Crippen LogP contribution in [-0.4, -0.2) is 59.3 Å². The maximum absolute atomic E-state index is 13.6. The first-order valence-corrected chi connectivity index (χ1v) is 14.5. The summed E-state index contributed by atoms with van der Waals surface area (Å²) in [6.07, 6.45) is -0.181. The summed E-state index contributed by atoms with van der Waals surface area (Å²) < 4.78 is 5.70. The number of carbonyl (C=O) groups excluding carboxylic acids is 2. The Kier molecular flexibility index (Phi) is 8.36. The Morgan fingerprint density at radius 2 is 1.45 bits per heavy atom. The number of nitrogens with one attached hydrogen (secondary N) is 2. The van der Waals surface area contributed by atoms with E-state index in [0.29, 0.717) is 13.1 Å². The largest absolute Gasteiger partial charge is 0.480 e. The molecule has 1 saturated heterocycles. The van der Waals surface area contributed by atoms with Crippen molar-refractivity contribution in [3.05, 3.63) is 95.6 Å². The molecule has 2 aliphatic rings. The van der Waals surface area contributed by atoms with Gasteiger partial charge >= 0.3 is 12.1 Å². The average molecular weight is 570 g/mol. The zero-order chi connectivity index (χ0) is 29.9. The van der Waals surface area contributed by atoms with Gasteiger partial charge in [0.15, 0.2) is 0 Å². The molecular formula is C34H39N3O5. The molecule has 0 spiro atoms. The highest BCUT2D eigenvalue weighted by Crippen LogP contribution is 2.44. The first-order chi connectivity index (χ1) is 20.1. The molecule has 5 rings (SSSR count). The molecule has 1 atom stereocenters. The molecule has 8 nitrogen and oxygen atoms in total. The van der Waals surface area contributed by atoms with Crippen LogP contribution in [0, 0.1) is 5.41 Å². The fraction of sp³-hybridized carbons (Fsp3) is 0.382. The second-order valence-electron chi connectivity index (χ2n) is 12.4. The molecule has 1 fully saturated rings. The Labute approximate surface area is 247 Å². The zero-order valence-electron chi connectivity index (χ0n) is 24.4. The number of piperidine rings is 1. The van der Waals surface area contributed by atoms with Crippen LogP contribution in [0.5, 0.6) is 0 Å². The summed E-state index contributed by atoms with van der Waals surface area (Å²) in [7, 11) is 0. The zero-order valence-corrected chi connectivity index (χ0v) is 24.4. The van der Waals surface area contributed by atoms with Crippen LogP contribution >= 0.6 is 0 Å². The van der Waals surface area contributed by atoms with E-state index >= 15 is 0 Å². The number of likely N-dealkylation sites (tertiary alicyclic amines) is 1. The van der Waals surface area contributed by atoms with E-state index in [1.807, 2.05) is 87.5 Å². The molecule has 2 amide bonds. The highest BCUT2D eigenvalue weighted by Gasteiger charge is 2.45. The first kappa shape index (κ1) is 29.3. The van der Waals surface area contributed by atoms with Crippen molar-refractivity contribution >= 4 is 18.0 Å². The van der Waals surface area contributed by atoms with Crippen molar-refractivity contribution in [3.63, 3.8) is 0 Å². The van der Waals surface area contributed by atoms with Gasteiger partial charge in [0, 0.05) is 25.6 Å². The molecule has 8 heteroatoms.